The van der Waals surface area contributed by atoms with Gasteiger partial charge in [0.05, 0.1) is 16.5 Å². The molecule has 8 heteroatoms. The van der Waals surface area contributed by atoms with Crippen molar-refractivity contribution in [2.45, 2.75) is 31.2 Å². The summed E-state index contributed by atoms with van der Waals surface area (Å²) in [5, 5.41) is 4.96. The van der Waals surface area contributed by atoms with Crippen LogP contribution in [-0.2, 0) is 9.59 Å². The molecular weight excluding hydrogens is 318 g/mol. The number of piperidine rings is 1. The van der Waals surface area contributed by atoms with Crippen LogP contribution in [0.25, 0.3) is 0 Å². The molecule has 120 valence electrons. The molecule has 23 heavy (non-hydrogen) atoms. The second kappa shape index (κ2) is 5.69. The molecule has 0 aliphatic carbocycles. The first kappa shape index (κ1) is 15.5. The maximum Gasteiger partial charge on any atom is 0.264 e. The van der Waals surface area contributed by atoms with Crippen LogP contribution in [0.5, 0.6) is 0 Å². The van der Waals surface area contributed by atoms with Crippen LogP contribution in [0.4, 0.5) is 5.69 Å². The maximum atomic E-state index is 12.7. The Morgan fingerprint density at radius 3 is 2.65 bits per heavy atom. The van der Waals surface area contributed by atoms with Crippen LogP contribution < -0.4 is 10.6 Å². The second-order valence-corrected chi connectivity index (χ2v) is 6.27. The first-order chi connectivity index (χ1) is 10.9. The van der Waals surface area contributed by atoms with Crippen molar-refractivity contribution < 1.29 is 19.2 Å². The van der Waals surface area contributed by atoms with Gasteiger partial charge in [0, 0.05) is 12.1 Å². The average Bonchev–Trinajstić information content (AvgIpc) is 2.72. The van der Waals surface area contributed by atoms with Crippen molar-refractivity contribution in [3.05, 3.63) is 29.3 Å². The summed E-state index contributed by atoms with van der Waals surface area (Å²) in [5.74, 6) is -2.06. The fraction of sp³-hybridized carbons (Fsp3) is 0.333. The Bertz CT molecular complexity index is 731. The normalized spacial score (nSPS) is 22.0. The van der Waals surface area contributed by atoms with E-state index in [-0.39, 0.29) is 29.3 Å². The molecule has 0 aromatic heterocycles. The minimum Gasteiger partial charge on any atom is -0.373 e. The molecule has 1 aromatic rings. The van der Waals surface area contributed by atoms with Gasteiger partial charge in [-0.25, -0.2) is 0 Å². The third-order valence-corrected chi connectivity index (χ3v) is 3.96. The fourth-order valence-electron chi connectivity index (χ4n) is 2.86. The highest BCUT2D eigenvalue weighted by Crippen LogP contribution is 2.32. The molecule has 7 nitrogen and oxygen atoms in total. The SMILES string of the molecule is CC(S)Nc1cccc2c1C(=O)N(C1CCC(=O)NC1=O)C2=O. The highest BCUT2D eigenvalue weighted by molar-refractivity contribution is 7.81. The number of nitrogens with one attached hydrogen (secondary N) is 2. The van der Waals surface area contributed by atoms with Crippen molar-refractivity contribution in [3.63, 3.8) is 0 Å². The van der Waals surface area contributed by atoms with Gasteiger partial charge in [0.15, 0.2) is 0 Å². The number of thiol groups is 1. The number of amides is 4. The Balaban J connectivity index is 1.98. The molecule has 1 fully saturated rings. The molecular formula is C15H15N3O4S. The highest BCUT2D eigenvalue weighted by Gasteiger charge is 2.45. The molecule has 2 aliphatic heterocycles. The number of benzene rings is 1. The number of carbonyl (C=O) groups excluding carboxylic acids is 4. The van der Waals surface area contributed by atoms with Crippen molar-refractivity contribution in [3.8, 4) is 0 Å². The molecule has 2 N–H and O–H groups in total. The monoisotopic (exact) mass is 333 g/mol. The van der Waals surface area contributed by atoms with E-state index in [1.807, 2.05) is 0 Å². The Morgan fingerprint density at radius 1 is 1.26 bits per heavy atom. The van der Waals surface area contributed by atoms with Gasteiger partial charge < -0.3 is 5.32 Å². The van der Waals surface area contributed by atoms with Gasteiger partial charge in [-0.3, -0.25) is 29.4 Å². The summed E-state index contributed by atoms with van der Waals surface area (Å²) in [6.45, 7) is 1.79. The zero-order chi connectivity index (χ0) is 16.7. The van der Waals surface area contributed by atoms with E-state index in [0.717, 1.165) is 4.90 Å². The van der Waals surface area contributed by atoms with Gasteiger partial charge in [-0.15, -0.1) is 0 Å². The smallest absolute Gasteiger partial charge is 0.264 e. The lowest BCUT2D eigenvalue weighted by Crippen LogP contribution is -2.54. The summed E-state index contributed by atoms with van der Waals surface area (Å²) in [5.41, 5.74) is 0.986. The molecule has 2 heterocycles. The Labute approximate surface area is 137 Å². The van der Waals surface area contributed by atoms with E-state index >= 15 is 0 Å². The van der Waals surface area contributed by atoms with E-state index in [1.54, 1.807) is 25.1 Å². The van der Waals surface area contributed by atoms with Crippen LogP contribution in [0.2, 0.25) is 0 Å². The number of imide groups is 2. The summed E-state index contributed by atoms with van der Waals surface area (Å²) in [6, 6.07) is 3.94. The van der Waals surface area contributed by atoms with Gasteiger partial charge >= 0.3 is 0 Å². The van der Waals surface area contributed by atoms with Crippen molar-refractivity contribution in [1.82, 2.24) is 10.2 Å². The minimum atomic E-state index is -0.957. The zero-order valence-electron chi connectivity index (χ0n) is 12.3. The van der Waals surface area contributed by atoms with Gasteiger partial charge in [0.2, 0.25) is 11.8 Å². The largest absolute Gasteiger partial charge is 0.373 e. The lowest BCUT2D eigenvalue weighted by Gasteiger charge is -2.27. The number of fused-ring (bicyclic) bond motifs is 1. The van der Waals surface area contributed by atoms with Gasteiger partial charge in [-0.05, 0) is 25.5 Å². The van der Waals surface area contributed by atoms with Gasteiger partial charge in [-0.2, -0.15) is 12.6 Å². The molecule has 0 saturated carbocycles. The van der Waals surface area contributed by atoms with Crippen LogP contribution in [0, 0.1) is 0 Å². The Kier molecular flexibility index (Phi) is 3.85. The number of hydrogen-bond donors (Lipinski definition) is 3. The summed E-state index contributed by atoms with van der Waals surface area (Å²) in [7, 11) is 0. The van der Waals surface area contributed by atoms with E-state index in [2.05, 4.69) is 23.3 Å². The highest BCUT2D eigenvalue weighted by atomic mass is 32.1. The van der Waals surface area contributed by atoms with E-state index < -0.39 is 29.7 Å². The average molecular weight is 333 g/mol. The Hall–Kier alpha value is -2.35. The molecule has 3 rings (SSSR count). The standard InChI is InChI=1S/C15H15N3O4S/c1-7(23)16-9-4-2-3-8-12(9)15(22)18(14(8)21)10-5-6-11(19)17-13(10)20/h2-4,7,10,16,23H,5-6H2,1H3,(H,17,19,20). The van der Waals surface area contributed by atoms with E-state index in [4.69, 9.17) is 0 Å². The van der Waals surface area contributed by atoms with Crippen molar-refractivity contribution in [2.75, 3.05) is 5.32 Å². The summed E-state index contributed by atoms with van der Waals surface area (Å²) in [4.78, 5) is 49.5. The van der Waals surface area contributed by atoms with Crippen LogP contribution in [0.1, 0.15) is 40.5 Å². The zero-order valence-corrected chi connectivity index (χ0v) is 13.2. The van der Waals surface area contributed by atoms with Crippen LogP contribution in [0.3, 0.4) is 0 Å². The van der Waals surface area contributed by atoms with Crippen molar-refractivity contribution >= 4 is 41.9 Å². The summed E-state index contributed by atoms with van der Waals surface area (Å²) < 4.78 is 0. The molecule has 2 atom stereocenters. The van der Waals surface area contributed by atoms with E-state index in [0.29, 0.717) is 5.69 Å². The van der Waals surface area contributed by atoms with Crippen molar-refractivity contribution in [2.24, 2.45) is 0 Å². The number of hydrogen-bond acceptors (Lipinski definition) is 6. The molecule has 0 bridgehead atoms. The Morgan fingerprint density at radius 2 is 2.00 bits per heavy atom. The number of rotatable bonds is 3. The minimum absolute atomic E-state index is 0.0998. The lowest BCUT2D eigenvalue weighted by atomic mass is 10.0. The van der Waals surface area contributed by atoms with Crippen LogP contribution in [-0.4, -0.2) is 39.9 Å². The molecule has 2 aliphatic rings. The fourth-order valence-corrected chi connectivity index (χ4v) is 3.00. The van der Waals surface area contributed by atoms with E-state index in [1.165, 1.54) is 0 Å². The number of nitrogens with zero attached hydrogens (tertiary/aromatic N) is 1. The first-order valence-electron chi connectivity index (χ1n) is 7.19. The van der Waals surface area contributed by atoms with Crippen LogP contribution in [0.15, 0.2) is 18.2 Å². The third-order valence-electron chi connectivity index (χ3n) is 3.83. The predicted octanol–water partition coefficient (Wildman–Crippen LogP) is 0.775. The van der Waals surface area contributed by atoms with Gasteiger partial charge in [-0.1, -0.05) is 6.07 Å². The lowest BCUT2D eigenvalue weighted by molar-refractivity contribution is -0.136. The molecule has 4 amide bonds. The van der Waals surface area contributed by atoms with Crippen LogP contribution >= 0.6 is 12.6 Å². The number of anilines is 1. The topological polar surface area (TPSA) is 95.6 Å². The molecule has 2 unspecified atom stereocenters. The van der Waals surface area contributed by atoms with E-state index in [9.17, 15) is 19.2 Å². The number of carbonyl (C=O) groups is 4. The molecule has 1 aromatic carbocycles. The molecule has 0 spiro atoms. The maximum absolute atomic E-state index is 12.7. The van der Waals surface area contributed by atoms with Gasteiger partial charge in [0.25, 0.3) is 11.8 Å². The molecule has 0 radical (unpaired) electrons. The summed E-state index contributed by atoms with van der Waals surface area (Å²) in [6.07, 6.45) is 0.241. The molecule has 1 saturated heterocycles. The predicted molar refractivity (Wildman–Crippen MR) is 85.2 cm³/mol. The second-order valence-electron chi connectivity index (χ2n) is 5.50. The third kappa shape index (κ3) is 2.59. The first-order valence-corrected chi connectivity index (χ1v) is 7.71. The van der Waals surface area contributed by atoms with Crippen molar-refractivity contribution in [1.29, 1.82) is 0 Å². The quantitative estimate of drug-likeness (QED) is 0.431. The summed E-state index contributed by atoms with van der Waals surface area (Å²) >= 11 is 4.23. The van der Waals surface area contributed by atoms with Gasteiger partial charge in [0.1, 0.15) is 6.04 Å².